The summed E-state index contributed by atoms with van der Waals surface area (Å²) in [6.07, 6.45) is 0. The van der Waals surface area contributed by atoms with E-state index in [1.165, 1.54) is 97.7 Å². The van der Waals surface area contributed by atoms with Gasteiger partial charge in [-0.25, -0.2) is 0 Å². The molecule has 0 spiro atoms. The van der Waals surface area contributed by atoms with Crippen LogP contribution in [0, 0.1) is 13.8 Å². The van der Waals surface area contributed by atoms with Crippen molar-refractivity contribution in [1.29, 1.82) is 0 Å². The van der Waals surface area contributed by atoms with E-state index < -0.39 is 0 Å². The molecule has 9 rings (SSSR count). The molecule has 1 aliphatic carbocycles. The van der Waals surface area contributed by atoms with Crippen LogP contribution >= 0.6 is 11.3 Å². The van der Waals surface area contributed by atoms with Gasteiger partial charge in [0.2, 0.25) is 0 Å². The Hall–Kier alpha value is -4.98. The average Bonchev–Trinajstić information content (AvgIpc) is 3.56. The van der Waals surface area contributed by atoms with Crippen molar-refractivity contribution in [3.8, 4) is 43.8 Å². The molecule has 0 atom stereocenters. The Morgan fingerprint density at radius 2 is 1.04 bits per heavy atom. The van der Waals surface area contributed by atoms with Gasteiger partial charge in [0.25, 0.3) is 0 Å². The second-order valence-corrected chi connectivity index (χ2v) is 14.5. The standard InChI is InChI=1S/C45H34S/c1-27-18-23-40-38(24-27)43-44(46-40)37-22-20-31(26-39(37)45(43,3)4)42-35-16-10-8-14-33(35)41(34-15-9-11-17-36(34)42)30-19-21-32(28(2)25-30)29-12-6-5-7-13-29/h5-26H,1-4H3. The van der Waals surface area contributed by atoms with Crippen molar-refractivity contribution in [3.63, 3.8) is 0 Å². The Morgan fingerprint density at radius 1 is 0.478 bits per heavy atom. The number of aryl methyl sites for hydroxylation is 2. The van der Waals surface area contributed by atoms with E-state index in [2.05, 4.69) is 161 Å². The number of fused-ring (bicyclic) bond motifs is 7. The zero-order valence-corrected chi connectivity index (χ0v) is 27.4. The molecule has 0 aliphatic heterocycles. The highest BCUT2D eigenvalue weighted by Gasteiger charge is 2.39. The normalized spacial score (nSPS) is 13.4. The summed E-state index contributed by atoms with van der Waals surface area (Å²) in [4.78, 5) is 1.44. The predicted molar refractivity (Wildman–Crippen MR) is 200 cm³/mol. The molecule has 0 N–H and O–H groups in total. The third-order valence-corrected chi connectivity index (χ3v) is 11.4. The van der Waals surface area contributed by atoms with Crippen molar-refractivity contribution in [2.75, 3.05) is 0 Å². The van der Waals surface area contributed by atoms with E-state index in [-0.39, 0.29) is 5.41 Å². The van der Waals surface area contributed by atoms with Gasteiger partial charge in [0.1, 0.15) is 0 Å². The number of hydrogen-bond donors (Lipinski definition) is 0. The van der Waals surface area contributed by atoms with Crippen LogP contribution in [-0.4, -0.2) is 0 Å². The van der Waals surface area contributed by atoms with E-state index in [4.69, 9.17) is 0 Å². The maximum absolute atomic E-state index is 2.50. The third kappa shape index (κ3) is 3.92. The van der Waals surface area contributed by atoms with E-state index in [1.54, 1.807) is 0 Å². The molecule has 0 radical (unpaired) electrons. The first-order valence-electron chi connectivity index (χ1n) is 16.2. The molecule has 1 heteroatoms. The number of hydrogen-bond acceptors (Lipinski definition) is 1. The zero-order chi connectivity index (χ0) is 31.2. The van der Waals surface area contributed by atoms with Crippen LogP contribution in [-0.2, 0) is 5.41 Å². The van der Waals surface area contributed by atoms with Gasteiger partial charge in [-0.2, -0.15) is 0 Å². The lowest BCUT2D eigenvalue weighted by Gasteiger charge is -2.23. The summed E-state index contributed by atoms with van der Waals surface area (Å²) in [5.74, 6) is 0. The summed E-state index contributed by atoms with van der Waals surface area (Å²) < 4.78 is 1.39. The molecule has 1 aliphatic rings. The van der Waals surface area contributed by atoms with E-state index >= 15 is 0 Å². The van der Waals surface area contributed by atoms with Gasteiger partial charge in [0, 0.05) is 15.0 Å². The van der Waals surface area contributed by atoms with E-state index in [0.717, 1.165) is 0 Å². The van der Waals surface area contributed by atoms with Crippen LogP contribution in [0.25, 0.3) is 75.5 Å². The predicted octanol–water partition coefficient (Wildman–Crippen LogP) is 13.1. The van der Waals surface area contributed by atoms with Gasteiger partial charge in [-0.05, 0) is 109 Å². The molecule has 46 heavy (non-hydrogen) atoms. The average molecular weight is 607 g/mol. The molecule has 0 amide bonds. The zero-order valence-electron chi connectivity index (χ0n) is 26.6. The lowest BCUT2D eigenvalue weighted by molar-refractivity contribution is 0.667. The topological polar surface area (TPSA) is 0 Å². The summed E-state index contributed by atoms with van der Waals surface area (Å²) >= 11 is 1.95. The SMILES string of the molecule is Cc1ccc2sc3c(c2c1)C(C)(C)c1cc(-c2c4ccccc4c(-c4ccc(-c5ccccc5)c(C)c4)c4ccccc24)ccc1-3. The molecule has 0 unspecified atom stereocenters. The highest BCUT2D eigenvalue weighted by Crippen LogP contribution is 2.56. The molecule has 0 nitrogen and oxygen atoms in total. The molecular weight excluding hydrogens is 573 g/mol. The summed E-state index contributed by atoms with van der Waals surface area (Å²) in [6, 6.07) is 49.9. The smallest absolute Gasteiger partial charge is 0.0399 e. The summed E-state index contributed by atoms with van der Waals surface area (Å²) in [7, 11) is 0. The van der Waals surface area contributed by atoms with Gasteiger partial charge in [-0.3, -0.25) is 0 Å². The van der Waals surface area contributed by atoms with E-state index in [0.29, 0.717) is 0 Å². The fourth-order valence-corrected chi connectivity index (χ4v) is 9.46. The molecule has 1 heterocycles. The van der Waals surface area contributed by atoms with Crippen LogP contribution in [0.3, 0.4) is 0 Å². The van der Waals surface area contributed by atoms with Crippen molar-refractivity contribution < 1.29 is 0 Å². The molecule has 0 bridgehead atoms. The summed E-state index contributed by atoms with van der Waals surface area (Å²) in [6.45, 7) is 9.27. The first-order valence-corrected chi connectivity index (χ1v) is 17.0. The van der Waals surface area contributed by atoms with Gasteiger partial charge in [-0.1, -0.05) is 141 Å². The highest BCUT2D eigenvalue weighted by molar-refractivity contribution is 7.22. The Balaban J connectivity index is 1.27. The van der Waals surface area contributed by atoms with Gasteiger partial charge < -0.3 is 0 Å². The van der Waals surface area contributed by atoms with Crippen molar-refractivity contribution in [1.82, 2.24) is 0 Å². The maximum Gasteiger partial charge on any atom is 0.0399 e. The van der Waals surface area contributed by atoms with Crippen LogP contribution in [0.5, 0.6) is 0 Å². The van der Waals surface area contributed by atoms with E-state index in [9.17, 15) is 0 Å². The highest BCUT2D eigenvalue weighted by atomic mass is 32.1. The van der Waals surface area contributed by atoms with Crippen molar-refractivity contribution in [3.05, 3.63) is 156 Å². The van der Waals surface area contributed by atoms with Crippen molar-refractivity contribution >= 4 is 43.0 Å². The number of rotatable bonds is 3. The van der Waals surface area contributed by atoms with Crippen molar-refractivity contribution in [2.45, 2.75) is 33.1 Å². The largest absolute Gasteiger partial charge is 0.135 e. The first kappa shape index (κ1) is 27.3. The molecule has 0 saturated heterocycles. The molecular formula is C45H34S. The second-order valence-electron chi connectivity index (χ2n) is 13.4. The molecule has 1 aromatic heterocycles. The number of benzene rings is 7. The molecule has 7 aromatic carbocycles. The fourth-order valence-electron chi connectivity index (χ4n) is 8.08. The lowest BCUT2D eigenvalue weighted by atomic mass is 9.79. The fraction of sp³-hybridized carbons (Fsp3) is 0.111. The third-order valence-electron chi connectivity index (χ3n) is 10.2. The minimum Gasteiger partial charge on any atom is -0.135 e. The van der Waals surface area contributed by atoms with Gasteiger partial charge in [0.05, 0.1) is 0 Å². The maximum atomic E-state index is 2.50. The monoisotopic (exact) mass is 606 g/mol. The Bertz CT molecular complexity index is 2450. The minimum atomic E-state index is -0.0731. The Labute approximate surface area is 274 Å². The molecule has 0 saturated carbocycles. The second kappa shape index (κ2) is 10.0. The van der Waals surface area contributed by atoms with Crippen LogP contribution < -0.4 is 0 Å². The number of thiophene rings is 1. The van der Waals surface area contributed by atoms with Crippen LogP contribution in [0.2, 0.25) is 0 Å². The lowest BCUT2D eigenvalue weighted by Crippen LogP contribution is -2.15. The van der Waals surface area contributed by atoms with Crippen LogP contribution in [0.1, 0.15) is 36.1 Å². The quantitative estimate of drug-likeness (QED) is 0.176. The first-order chi connectivity index (χ1) is 22.4. The molecule has 220 valence electrons. The van der Waals surface area contributed by atoms with Gasteiger partial charge >= 0.3 is 0 Å². The van der Waals surface area contributed by atoms with Gasteiger partial charge in [0.15, 0.2) is 0 Å². The summed E-state index contributed by atoms with van der Waals surface area (Å²) in [5, 5.41) is 6.60. The Morgan fingerprint density at radius 3 is 1.65 bits per heavy atom. The minimum absolute atomic E-state index is 0.0731. The molecule has 0 fully saturated rings. The van der Waals surface area contributed by atoms with E-state index in [1.807, 2.05) is 11.3 Å². The van der Waals surface area contributed by atoms with Crippen LogP contribution in [0.4, 0.5) is 0 Å². The van der Waals surface area contributed by atoms with Crippen LogP contribution in [0.15, 0.2) is 133 Å². The van der Waals surface area contributed by atoms with Gasteiger partial charge in [-0.15, -0.1) is 11.3 Å². The Kier molecular flexibility index (Phi) is 5.95. The summed E-state index contributed by atoms with van der Waals surface area (Å²) in [5.41, 5.74) is 14.6. The van der Waals surface area contributed by atoms with Crippen molar-refractivity contribution in [2.24, 2.45) is 0 Å². The molecule has 8 aromatic rings.